The van der Waals surface area contributed by atoms with Gasteiger partial charge in [-0.25, -0.2) is 18.2 Å². The average molecular weight is 396 g/mol. The van der Waals surface area contributed by atoms with Crippen LogP contribution in [0.1, 0.15) is 57.5 Å². The minimum absolute atomic E-state index is 0.0266. The van der Waals surface area contributed by atoms with E-state index in [2.05, 4.69) is 10.3 Å². The molecular weight excluding hydrogens is 376 g/mol. The lowest BCUT2D eigenvalue weighted by Crippen LogP contribution is -2.29. The Morgan fingerprint density at radius 1 is 1.19 bits per heavy atom. The zero-order chi connectivity index (χ0) is 19.6. The van der Waals surface area contributed by atoms with Crippen molar-refractivity contribution >= 4 is 33.1 Å². The van der Waals surface area contributed by atoms with Crippen LogP contribution in [-0.2, 0) is 9.84 Å². The molecule has 9 heteroatoms. The largest absolute Gasteiger partial charge is 0.477 e. The lowest BCUT2D eigenvalue weighted by Gasteiger charge is -2.15. The Morgan fingerprint density at radius 3 is 2.35 bits per heavy atom. The molecule has 1 unspecified atom stereocenters. The molecule has 1 amide bonds. The Labute approximate surface area is 156 Å². The van der Waals surface area contributed by atoms with E-state index in [-0.39, 0.29) is 15.3 Å². The normalized spacial score (nSPS) is 12.8. The van der Waals surface area contributed by atoms with Crippen molar-refractivity contribution in [1.29, 1.82) is 0 Å². The quantitative estimate of drug-likeness (QED) is 0.776. The molecule has 2 aromatic rings. The van der Waals surface area contributed by atoms with Crippen LogP contribution in [0.15, 0.2) is 29.2 Å². The number of nitrogens with one attached hydrogen (secondary N) is 1. The number of hydrogen-bond donors (Lipinski definition) is 2. The second-order valence-corrected chi connectivity index (χ2v) is 9.56. The first kappa shape index (κ1) is 20.1. The molecule has 0 aliphatic heterocycles. The van der Waals surface area contributed by atoms with Gasteiger partial charge in [-0.3, -0.25) is 4.79 Å². The summed E-state index contributed by atoms with van der Waals surface area (Å²) in [6.45, 7) is 6.36. The molecule has 0 radical (unpaired) electrons. The molecule has 1 heterocycles. The van der Waals surface area contributed by atoms with Crippen LogP contribution in [-0.4, -0.2) is 35.6 Å². The molecule has 140 valence electrons. The summed E-state index contributed by atoms with van der Waals surface area (Å²) >= 11 is 0.984. The van der Waals surface area contributed by atoms with Crippen LogP contribution >= 0.6 is 11.3 Å². The van der Waals surface area contributed by atoms with Crippen LogP contribution in [0.5, 0.6) is 0 Å². The number of aryl methyl sites for hydroxylation is 1. The zero-order valence-electron chi connectivity index (χ0n) is 14.8. The van der Waals surface area contributed by atoms with Crippen LogP contribution in [0.25, 0.3) is 0 Å². The number of carboxylic acid groups (broad SMARTS) is 1. The van der Waals surface area contributed by atoms with E-state index in [1.54, 1.807) is 39.8 Å². The smallest absolute Gasteiger partial charge is 0.347 e. The summed E-state index contributed by atoms with van der Waals surface area (Å²) in [5.41, 5.74) is 0.432. The Kier molecular flexibility index (Phi) is 5.82. The third-order valence-corrected chi connectivity index (χ3v) is 7.32. The highest BCUT2D eigenvalue weighted by molar-refractivity contribution is 7.92. The summed E-state index contributed by atoms with van der Waals surface area (Å²) in [6, 6.07) is 5.46. The highest BCUT2D eigenvalue weighted by Gasteiger charge is 2.26. The van der Waals surface area contributed by atoms with Crippen molar-refractivity contribution in [3.05, 3.63) is 45.4 Å². The first-order valence-corrected chi connectivity index (χ1v) is 10.3. The van der Waals surface area contributed by atoms with Crippen LogP contribution in [0, 0.1) is 6.92 Å². The number of aromatic carboxylic acids is 1. The van der Waals surface area contributed by atoms with Crippen molar-refractivity contribution in [2.75, 3.05) is 0 Å². The molecule has 1 atom stereocenters. The van der Waals surface area contributed by atoms with Gasteiger partial charge in [0.1, 0.15) is 9.88 Å². The van der Waals surface area contributed by atoms with E-state index in [1.807, 2.05) is 0 Å². The average Bonchev–Trinajstić information content (AvgIpc) is 2.96. The number of benzene rings is 1. The van der Waals surface area contributed by atoms with E-state index in [9.17, 15) is 18.0 Å². The van der Waals surface area contributed by atoms with Gasteiger partial charge in [0.15, 0.2) is 9.84 Å². The number of carbonyl (C=O) groups is 2. The summed E-state index contributed by atoms with van der Waals surface area (Å²) in [6.07, 6.45) is 0. The van der Waals surface area contributed by atoms with Crippen molar-refractivity contribution in [2.45, 2.75) is 43.9 Å². The molecule has 26 heavy (non-hydrogen) atoms. The number of thiazole rings is 1. The van der Waals surface area contributed by atoms with Gasteiger partial charge < -0.3 is 10.4 Å². The summed E-state index contributed by atoms with van der Waals surface area (Å²) in [4.78, 5) is 28.0. The molecule has 0 fully saturated rings. The van der Waals surface area contributed by atoms with Crippen LogP contribution < -0.4 is 5.32 Å². The highest BCUT2D eigenvalue weighted by atomic mass is 32.2. The first-order chi connectivity index (χ1) is 12.1. The molecule has 2 N–H and O–H groups in total. The van der Waals surface area contributed by atoms with Crippen LogP contribution in [0.4, 0.5) is 0 Å². The van der Waals surface area contributed by atoms with E-state index in [0.29, 0.717) is 10.7 Å². The highest BCUT2D eigenvalue weighted by Crippen LogP contribution is 2.25. The maximum atomic E-state index is 12.6. The molecule has 1 aromatic carbocycles. The molecule has 0 bridgehead atoms. The van der Waals surface area contributed by atoms with Crippen molar-refractivity contribution in [3.63, 3.8) is 0 Å². The maximum absolute atomic E-state index is 12.6. The third-order valence-electron chi connectivity index (χ3n) is 3.78. The Bertz CT molecular complexity index is 948. The van der Waals surface area contributed by atoms with Crippen molar-refractivity contribution in [2.24, 2.45) is 0 Å². The van der Waals surface area contributed by atoms with Crippen molar-refractivity contribution < 1.29 is 23.1 Å². The van der Waals surface area contributed by atoms with Gasteiger partial charge in [0.05, 0.1) is 27.4 Å². The van der Waals surface area contributed by atoms with Gasteiger partial charge >= 0.3 is 5.97 Å². The predicted octanol–water partition coefficient (Wildman–Crippen LogP) is 2.82. The number of sulfone groups is 1. The lowest BCUT2D eigenvalue weighted by molar-refractivity contribution is 0.0700. The zero-order valence-corrected chi connectivity index (χ0v) is 16.4. The number of nitrogens with zero attached hydrogens (tertiary/aromatic N) is 1. The minimum atomic E-state index is -3.62. The number of hydrogen-bond acceptors (Lipinski definition) is 6. The van der Waals surface area contributed by atoms with Gasteiger partial charge in [0.2, 0.25) is 0 Å². The van der Waals surface area contributed by atoms with Crippen molar-refractivity contribution in [3.8, 4) is 0 Å². The first-order valence-electron chi connectivity index (χ1n) is 7.90. The molecule has 2 rings (SSSR count). The molecule has 7 nitrogen and oxygen atoms in total. The summed E-state index contributed by atoms with van der Waals surface area (Å²) in [5, 5.41) is 11.6. The summed E-state index contributed by atoms with van der Waals surface area (Å²) < 4.78 is 25.0. The maximum Gasteiger partial charge on any atom is 0.347 e. The third kappa shape index (κ3) is 3.94. The van der Waals surface area contributed by atoms with Gasteiger partial charge in [-0.2, -0.15) is 0 Å². The van der Waals surface area contributed by atoms with Gasteiger partial charge in [-0.05, 0) is 39.8 Å². The number of carbonyl (C=O) groups excluding carboxylic acids is 1. The lowest BCUT2D eigenvalue weighted by atomic mass is 10.2. The van der Waals surface area contributed by atoms with E-state index in [1.165, 1.54) is 12.1 Å². The fraction of sp³-hybridized carbons (Fsp3) is 0.353. The van der Waals surface area contributed by atoms with Crippen LogP contribution in [0.2, 0.25) is 0 Å². The van der Waals surface area contributed by atoms with E-state index >= 15 is 0 Å². The van der Waals surface area contributed by atoms with E-state index < -0.39 is 33.0 Å². The Hall–Kier alpha value is -2.26. The molecule has 1 aromatic heterocycles. The van der Waals surface area contributed by atoms with Crippen LogP contribution in [0.3, 0.4) is 0 Å². The molecule has 0 saturated carbocycles. The number of carboxylic acids is 1. The Balaban J connectivity index is 2.31. The second-order valence-electron chi connectivity index (χ2n) is 6.06. The molecule has 0 spiro atoms. The topological polar surface area (TPSA) is 113 Å². The van der Waals surface area contributed by atoms with E-state index in [4.69, 9.17) is 5.11 Å². The second kappa shape index (κ2) is 7.55. The molecule has 0 aliphatic carbocycles. The number of rotatable bonds is 6. The fourth-order valence-electron chi connectivity index (χ4n) is 2.29. The summed E-state index contributed by atoms with van der Waals surface area (Å²) in [5.74, 6) is -1.62. The molecule has 0 aliphatic rings. The Morgan fingerprint density at radius 2 is 1.81 bits per heavy atom. The standard InChI is InChI=1S/C17H20N2O5S2/c1-9(2)26(23,24)13-8-6-5-7-12(13)15(20)18-11(4)16-19-10(3)14(25-16)17(21)22/h5-9,11H,1-4H3,(H,18,20)(H,21,22). The fourth-order valence-corrected chi connectivity index (χ4v) is 4.44. The predicted molar refractivity (Wildman–Crippen MR) is 98.5 cm³/mol. The SMILES string of the molecule is Cc1nc(C(C)NC(=O)c2ccccc2S(=O)(=O)C(C)C)sc1C(=O)O. The summed E-state index contributed by atoms with van der Waals surface area (Å²) in [7, 11) is -3.62. The number of aromatic nitrogens is 1. The molecule has 0 saturated heterocycles. The van der Waals surface area contributed by atoms with Gasteiger partial charge in [-0.15, -0.1) is 11.3 Å². The van der Waals surface area contributed by atoms with E-state index in [0.717, 1.165) is 11.3 Å². The van der Waals surface area contributed by atoms with Gasteiger partial charge in [-0.1, -0.05) is 12.1 Å². The minimum Gasteiger partial charge on any atom is -0.477 e. The van der Waals surface area contributed by atoms with Gasteiger partial charge in [0.25, 0.3) is 5.91 Å². The van der Waals surface area contributed by atoms with Gasteiger partial charge in [0, 0.05) is 0 Å². The van der Waals surface area contributed by atoms with Crippen molar-refractivity contribution in [1.82, 2.24) is 10.3 Å². The monoisotopic (exact) mass is 396 g/mol. The number of amides is 1. The molecular formula is C17H20N2O5S2.